The maximum Gasteiger partial charge on any atom is 0.573 e. The van der Waals surface area contributed by atoms with Crippen molar-refractivity contribution in [3.63, 3.8) is 0 Å². The Morgan fingerprint density at radius 3 is 2.43 bits per heavy atom. The van der Waals surface area contributed by atoms with Crippen LogP contribution in [0.5, 0.6) is 11.5 Å². The Hall–Kier alpha value is -2.50. The van der Waals surface area contributed by atoms with Crippen molar-refractivity contribution in [2.45, 2.75) is 6.36 Å². The van der Waals surface area contributed by atoms with Crippen LogP contribution in [0.2, 0.25) is 0 Å². The summed E-state index contributed by atoms with van der Waals surface area (Å²) in [5, 5.41) is 0. The maximum absolute atomic E-state index is 12.3. The topological polar surface area (TPSA) is 35.5 Å². The minimum absolute atomic E-state index is 0.0812. The second-order valence-electron chi connectivity index (χ2n) is 4.16. The van der Waals surface area contributed by atoms with Gasteiger partial charge in [0.1, 0.15) is 17.8 Å². The van der Waals surface area contributed by atoms with Crippen LogP contribution in [0.25, 0.3) is 11.1 Å². The van der Waals surface area contributed by atoms with Gasteiger partial charge >= 0.3 is 6.36 Å². The average molecular weight is 296 g/mol. The summed E-state index contributed by atoms with van der Waals surface area (Å²) in [5.74, 6) is 0.0338. The lowest BCUT2D eigenvalue weighted by molar-refractivity contribution is -0.274. The van der Waals surface area contributed by atoms with Gasteiger partial charge in [0.2, 0.25) is 0 Å². The smallest absolute Gasteiger partial charge is 0.496 e. The van der Waals surface area contributed by atoms with E-state index in [9.17, 15) is 18.0 Å². The fraction of sp³-hybridized carbons (Fsp3) is 0.133. The lowest BCUT2D eigenvalue weighted by Gasteiger charge is -2.13. The molecule has 0 fully saturated rings. The summed E-state index contributed by atoms with van der Waals surface area (Å²) in [6, 6.07) is 10.5. The van der Waals surface area contributed by atoms with Gasteiger partial charge in [0.15, 0.2) is 0 Å². The van der Waals surface area contributed by atoms with Gasteiger partial charge in [0.25, 0.3) is 0 Å². The first-order chi connectivity index (χ1) is 9.93. The predicted molar refractivity (Wildman–Crippen MR) is 70.5 cm³/mol. The van der Waals surface area contributed by atoms with Crippen molar-refractivity contribution >= 4 is 6.29 Å². The minimum Gasteiger partial charge on any atom is -0.496 e. The third-order valence-electron chi connectivity index (χ3n) is 2.72. The van der Waals surface area contributed by atoms with Gasteiger partial charge in [-0.15, -0.1) is 13.2 Å². The molecule has 110 valence electrons. The Morgan fingerprint density at radius 1 is 1.10 bits per heavy atom. The zero-order valence-electron chi connectivity index (χ0n) is 11.0. The van der Waals surface area contributed by atoms with Crippen LogP contribution in [0.4, 0.5) is 13.2 Å². The molecule has 21 heavy (non-hydrogen) atoms. The zero-order chi connectivity index (χ0) is 15.5. The van der Waals surface area contributed by atoms with Gasteiger partial charge in [0, 0.05) is 11.1 Å². The number of halogens is 3. The van der Waals surface area contributed by atoms with Crippen LogP contribution < -0.4 is 9.47 Å². The Bertz CT molecular complexity index is 651. The number of rotatable bonds is 4. The SMILES string of the molecule is COc1ccccc1-c1cc(C=O)cc(OC(F)(F)F)c1. The molecule has 0 aliphatic heterocycles. The van der Waals surface area contributed by atoms with E-state index in [0.29, 0.717) is 23.2 Å². The molecule has 0 radical (unpaired) electrons. The molecule has 0 aliphatic rings. The largest absolute Gasteiger partial charge is 0.573 e. The molecule has 3 nitrogen and oxygen atoms in total. The average Bonchev–Trinajstić information content (AvgIpc) is 2.45. The Balaban J connectivity index is 2.53. The van der Waals surface area contributed by atoms with Gasteiger partial charge in [-0.05, 0) is 29.8 Å². The van der Waals surface area contributed by atoms with Crippen molar-refractivity contribution in [1.29, 1.82) is 0 Å². The van der Waals surface area contributed by atoms with Crippen LogP contribution >= 0.6 is 0 Å². The molecule has 0 amide bonds. The van der Waals surface area contributed by atoms with E-state index in [1.807, 2.05) is 0 Å². The van der Waals surface area contributed by atoms with Crippen LogP contribution in [0.3, 0.4) is 0 Å². The first-order valence-corrected chi connectivity index (χ1v) is 5.92. The monoisotopic (exact) mass is 296 g/mol. The highest BCUT2D eigenvalue weighted by Gasteiger charge is 2.31. The van der Waals surface area contributed by atoms with E-state index in [-0.39, 0.29) is 5.56 Å². The van der Waals surface area contributed by atoms with Crippen molar-refractivity contribution in [3.8, 4) is 22.6 Å². The summed E-state index contributed by atoms with van der Waals surface area (Å²) in [6.45, 7) is 0. The van der Waals surface area contributed by atoms with E-state index < -0.39 is 12.1 Å². The van der Waals surface area contributed by atoms with E-state index in [1.54, 1.807) is 24.3 Å². The molecule has 0 atom stereocenters. The quantitative estimate of drug-likeness (QED) is 0.798. The first kappa shape index (κ1) is 14.9. The number of ether oxygens (including phenoxy) is 2. The molecule has 0 N–H and O–H groups in total. The fourth-order valence-electron chi connectivity index (χ4n) is 1.92. The number of alkyl halides is 3. The van der Waals surface area contributed by atoms with Crippen molar-refractivity contribution in [3.05, 3.63) is 48.0 Å². The first-order valence-electron chi connectivity index (χ1n) is 5.92. The number of benzene rings is 2. The summed E-state index contributed by atoms with van der Waals surface area (Å²) in [4.78, 5) is 10.9. The highest BCUT2D eigenvalue weighted by molar-refractivity contribution is 5.81. The van der Waals surface area contributed by atoms with Crippen LogP contribution in [0, 0.1) is 0 Å². The van der Waals surface area contributed by atoms with Gasteiger partial charge in [-0.25, -0.2) is 0 Å². The molecule has 0 saturated carbocycles. The fourth-order valence-corrected chi connectivity index (χ4v) is 1.92. The number of hydrogen-bond donors (Lipinski definition) is 0. The molecule has 6 heteroatoms. The van der Waals surface area contributed by atoms with Crippen LogP contribution in [0.15, 0.2) is 42.5 Å². The summed E-state index contributed by atoms with van der Waals surface area (Å²) in [6.07, 6.45) is -4.36. The van der Waals surface area contributed by atoms with E-state index in [2.05, 4.69) is 4.74 Å². The van der Waals surface area contributed by atoms with Crippen molar-refractivity contribution in [2.24, 2.45) is 0 Å². The van der Waals surface area contributed by atoms with Crippen molar-refractivity contribution < 1.29 is 27.4 Å². The lowest BCUT2D eigenvalue weighted by Crippen LogP contribution is -2.17. The summed E-state index contributed by atoms with van der Waals surface area (Å²) < 4.78 is 46.0. The van der Waals surface area contributed by atoms with Gasteiger partial charge in [0.05, 0.1) is 7.11 Å². The summed E-state index contributed by atoms with van der Waals surface area (Å²) in [5.41, 5.74) is 1.05. The van der Waals surface area contributed by atoms with Crippen LogP contribution in [-0.4, -0.2) is 19.8 Å². The molecule has 0 bridgehead atoms. The molecule has 0 saturated heterocycles. The number of aldehydes is 1. The molecule has 0 unspecified atom stereocenters. The molecule has 0 heterocycles. The van der Waals surface area contributed by atoms with Gasteiger partial charge in [-0.2, -0.15) is 0 Å². The zero-order valence-corrected chi connectivity index (χ0v) is 11.0. The number of hydrogen-bond acceptors (Lipinski definition) is 3. The summed E-state index contributed by atoms with van der Waals surface area (Å²) in [7, 11) is 1.45. The minimum atomic E-state index is -4.82. The van der Waals surface area contributed by atoms with Crippen LogP contribution in [-0.2, 0) is 0 Å². The highest BCUT2D eigenvalue weighted by atomic mass is 19.4. The van der Waals surface area contributed by atoms with E-state index in [4.69, 9.17) is 4.74 Å². The predicted octanol–water partition coefficient (Wildman–Crippen LogP) is 4.07. The second-order valence-corrected chi connectivity index (χ2v) is 4.16. The molecule has 0 spiro atoms. The Morgan fingerprint density at radius 2 is 1.81 bits per heavy atom. The molecular formula is C15H11F3O3. The normalized spacial score (nSPS) is 11.0. The number of methoxy groups -OCH3 is 1. The van der Waals surface area contributed by atoms with E-state index in [1.165, 1.54) is 19.2 Å². The lowest BCUT2D eigenvalue weighted by atomic mass is 10.0. The third-order valence-corrected chi connectivity index (χ3v) is 2.72. The molecular weight excluding hydrogens is 285 g/mol. The molecule has 0 aliphatic carbocycles. The highest BCUT2D eigenvalue weighted by Crippen LogP contribution is 2.34. The van der Waals surface area contributed by atoms with Gasteiger partial charge < -0.3 is 9.47 Å². The number of carbonyl (C=O) groups is 1. The van der Waals surface area contributed by atoms with Gasteiger partial charge in [-0.3, -0.25) is 4.79 Å². The van der Waals surface area contributed by atoms with Crippen LogP contribution in [0.1, 0.15) is 10.4 Å². The maximum atomic E-state index is 12.3. The molecule has 2 aromatic rings. The molecule has 2 aromatic carbocycles. The third kappa shape index (κ3) is 3.75. The Kier molecular flexibility index (Phi) is 4.16. The number of carbonyl (C=O) groups excluding carboxylic acids is 1. The number of para-hydroxylation sites is 1. The molecule has 2 rings (SSSR count). The molecule has 0 aromatic heterocycles. The second kappa shape index (κ2) is 5.87. The van der Waals surface area contributed by atoms with Gasteiger partial charge in [-0.1, -0.05) is 18.2 Å². The van der Waals surface area contributed by atoms with Crippen molar-refractivity contribution in [1.82, 2.24) is 0 Å². The van der Waals surface area contributed by atoms with Crippen molar-refractivity contribution in [2.75, 3.05) is 7.11 Å². The Labute approximate surface area is 118 Å². The van der Waals surface area contributed by atoms with E-state index in [0.717, 1.165) is 6.07 Å². The standard InChI is InChI=1S/C15H11F3O3/c1-20-14-5-3-2-4-13(14)11-6-10(9-19)7-12(8-11)21-15(16,17)18/h2-9H,1H3. The summed E-state index contributed by atoms with van der Waals surface area (Å²) >= 11 is 0. The van der Waals surface area contributed by atoms with E-state index >= 15 is 0 Å².